The normalized spacial score (nSPS) is 11.2. The number of nitrogens with zero attached hydrogens (tertiary/aromatic N) is 1. The van der Waals surface area contributed by atoms with Crippen molar-refractivity contribution < 1.29 is 22.6 Å². The van der Waals surface area contributed by atoms with Crippen LogP contribution in [-0.4, -0.2) is 18.0 Å². The molecule has 0 spiro atoms. The van der Waals surface area contributed by atoms with Gasteiger partial charge in [-0.05, 0) is 54.7 Å². The molecule has 0 saturated carbocycles. The fourth-order valence-electron chi connectivity index (χ4n) is 2.82. The molecule has 146 valence electrons. The number of aromatic nitrogens is 1. The van der Waals surface area contributed by atoms with E-state index in [-0.39, 0.29) is 5.75 Å². The summed E-state index contributed by atoms with van der Waals surface area (Å²) in [5.41, 5.74) is 2.21. The Balaban J connectivity index is 1.53. The zero-order valence-corrected chi connectivity index (χ0v) is 15.2. The van der Waals surface area contributed by atoms with Gasteiger partial charge in [-0.3, -0.25) is 4.98 Å². The molecule has 1 aromatic heterocycles. The zero-order valence-electron chi connectivity index (χ0n) is 15.2. The number of aryl methyl sites for hydroxylation is 1. The number of ether oxygens (including phenoxy) is 2. The maximum absolute atomic E-state index is 12.6. The number of hydrogen-bond acceptors (Lipinski definition) is 3. The third kappa shape index (κ3) is 6.01. The minimum Gasteiger partial charge on any atom is -0.494 e. The van der Waals surface area contributed by atoms with E-state index >= 15 is 0 Å². The fraction of sp³-hybridized carbons (Fsp3) is 0.227. The molecule has 2 aromatic carbocycles. The van der Waals surface area contributed by atoms with Crippen molar-refractivity contribution in [2.75, 3.05) is 6.61 Å². The quantitative estimate of drug-likeness (QED) is 0.441. The standard InChI is InChI=1S/C22H20F3NO2/c23-22(24,25)28-21-9-2-1-8-20(21)18-10-12-19(13-11-18)27-15-4-3-6-17-7-5-14-26-16-17/h1-2,5,7-14,16H,3-4,6,15H2. The second-order valence-corrected chi connectivity index (χ2v) is 6.24. The molecule has 6 heteroatoms. The van der Waals surface area contributed by atoms with E-state index in [4.69, 9.17) is 4.74 Å². The number of halogens is 3. The van der Waals surface area contributed by atoms with Crippen molar-refractivity contribution >= 4 is 0 Å². The third-order valence-electron chi connectivity index (χ3n) is 4.13. The molecule has 3 rings (SSSR count). The second-order valence-electron chi connectivity index (χ2n) is 6.24. The molecule has 0 unspecified atom stereocenters. The highest BCUT2D eigenvalue weighted by atomic mass is 19.4. The average Bonchev–Trinajstić information content (AvgIpc) is 2.68. The van der Waals surface area contributed by atoms with Crippen LogP contribution >= 0.6 is 0 Å². The molecule has 3 aromatic rings. The van der Waals surface area contributed by atoms with E-state index in [1.807, 2.05) is 18.3 Å². The molecular weight excluding hydrogens is 367 g/mol. The van der Waals surface area contributed by atoms with Crippen LogP contribution in [-0.2, 0) is 6.42 Å². The van der Waals surface area contributed by atoms with Crippen molar-refractivity contribution in [3.05, 3.63) is 78.6 Å². The highest BCUT2D eigenvalue weighted by molar-refractivity contribution is 5.70. The van der Waals surface area contributed by atoms with Crippen molar-refractivity contribution in [2.24, 2.45) is 0 Å². The number of rotatable bonds is 8. The van der Waals surface area contributed by atoms with Gasteiger partial charge in [0.25, 0.3) is 0 Å². The smallest absolute Gasteiger partial charge is 0.494 e. The number of pyridine rings is 1. The highest BCUT2D eigenvalue weighted by Gasteiger charge is 2.32. The Morgan fingerprint density at radius 3 is 2.36 bits per heavy atom. The zero-order chi connectivity index (χ0) is 19.8. The summed E-state index contributed by atoms with van der Waals surface area (Å²) >= 11 is 0. The van der Waals surface area contributed by atoms with Crippen LogP contribution in [0.25, 0.3) is 11.1 Å². The maximum atomic E-state index is 12.6. The van der Waals surface area contributed by atoms with Gasteiger partial charge in [0, 0.05) is 18.0 Å². The number of unbranched alkanes of at least 4 members (excludes halogenated alkanes) is 1. The molecule has 3 nitrogen and oxygen atoms in total. The molecule has 1 heterocycles. The van der Waals surface area contributed by atoms with Crippen LogP contribution in [0.3, 0.4) is 0 Å². The molecule has 28 heavy (non-hydrogen) atoms. The Kier molecular flexibility index (Phi) is 6.53. The van der Waals surface area contributed by atoms with Gasteiger partial charge in [0.15, 0.2) is 0 Å². The lowest BCUT2D eigenvalue weighted by molar-refractivity contribution is -0.274. The topological polar surface area (TPSA) is 31.4 Å². The van der Waals surface area contributed by atoms with E-state index < -0.39 is 6.36 Å². The lowest BCUT2D eigenvalue weighted by atomic mass is 10.0. The molecule has 0 bridgehead atoms. The fourth-order valence-corrected chi connectivity index (χ4v) is 2.82. The first-order valence-corrected chi connectivity index (χ1v) is 8.98. The van der Waals surface area contributed by atoms with Gasteiger partial charge in [-0.15, -0.1) is 13.2 Å². The molecular formula is C22H20F3NO2. The van der Waals surface area contributed by atoms with Crippen LogP contribution in [0.15, 0.2) is 73.1 Å². The largest absolute Gasteiger partial charge is 0.573 e. The summed E-state index contributed by atoms with van der Waals surface area (Å²) < 4.78 is 47.5. The molecule has 0 aliphatic rings. The summed E-state index contributed by atoms with van der Waals surface area (Å²) in [5, 5.41) is 0. The van der Waals surface area contributed by atoms with E-state index in [1.165, 1.54) is 17.7 Å². The van der Waals surface area contributed by atoms with Crippen LogP contribution in [0.1, 0.15) is 18.4 Å². The van der Waals surface area contributed by atoms with Crippen molar-refractivity contribution in [1.29, 1.82) is 0 Å². The van der Waals surface area contributed by atoms with E-state index in [0.717, 1.165) is 19.3 Å². The van der Waals surface area contributed by atoms with Crippen LogP contribution in [0.4, 0.5) is 13.2 Å². The van der Waals surface area contributed by atoms with Crippen molar-refractivity contribution in [1.82, 2.24) is 4.98 Å². The van der Waals surface area contributed by atoms with E-state index in [2.05, 4.69) is 9.72 Å². The lowest BCUT2D eigenvalue weighted by Crippen LogP contribution is -2.17. The van der Waals surface area contributed by atoms with Crippen LogP contribution < -0.4 is 9.47 Å². The van der Waals surface area contributed by atoms with E-state index in [1.54, 1.807) is 42.6 Å². The predicted molar refractivity (Wildman–Crippen MR) is 101 cm³/mol. The van der Waals surface area contributed by atoms with Crippen molar-refractivity contribution in [3.8, 4) is 22.6 Å². The first-order valence-electron chi connectivity index (χ1n) is 8.98. The minimum absolute atomic E-state index is 0.223. The predicted octanol–water partition coefficient (Wildman–Crippen LogP) is 6.05. The summed E-state index contributed by atoms with van der Waals surface area (Å²) in [4.78, 5) is 4.09. The highest BCUT2D eigenvalue weighted by Crippen LogP contribution is 2.34. The Bertz CT molecular complexity index is 865. The molecule has 0 N–H and O–H groups in total. The van der Waals surface area contributed by atoms with Gasteiger partial charge >= 0.3 is 6.36 Å². The molecule has 0 aliphatic carbocycles. The van der Waals surface area contributed by atoms with Crippen molar-refractivity contribution in [2.45, 2.75) is 25.6 Å². The summed E-state index contributed by atoms with van der Waals surface area (Å²) in [6, 6.07) is 17.0. The van der Waals surface area contributed by atoms with E-state index in [9.17, 15) is 13.2 Å². The number of para-hydroxylation sites is 1. The van der Waals surface area contributed by atoms with E-state index in [0.29, 0.717) is 23.5 Å². The van der Waals surface area contributed by atoms with Gasteiger partial charge < -0.3 is 9.47 Å². The first-order chi connectivity index (χ1) is 13.5. The van der Waals surface area contributed by atoms with Gasteiger partial charge in [-0.1, -0.05) is 36.4 Å². The van der Waals surface area contributed by atoms with Crippen LogP contribution in [0, 0.1) is 0 Å². The minimum atomic E-state index is -4.73. The molecule has 0 aliphatic heterocycles. The Hall–Kier alpha value is -3.02. The Morgan fingerprint density at radius 2 is 1.64 bits per heavy atom. The van der Waals surface area contributed by atoms with Crippen LogP contribution in [0.2, 0.25) is 0 Å². The van der Waals surface area contributed by atoms with Crippen molar-refractivity contribution in [3.63, 3.8) is 0 Å². The molecule has 0 atom stereocenters. The molecule has 0 amide bonds. The molecule has 0 fully saturated rings. The second kappa shape index (κ2) is 9.26. The maximum Gasteiger partial charge on any atom is 0.573 e. The summed E-state index contributed by atoms with van der Waals surface area (Å²) in [7, 11) is 0. The van der Waals surface area contributed by atoms with Gasteiger partial charge in [0.05, 0.1) is 6.61 Å². The number of hydrogen-bond donors (Lipinski definition) is 0. The van der Waals surface area contributed by atoms with Gasteiger partial charge in [0.2, 0.25) is 0 Å². The van der Waals surface area contributed by atoms with Gasteiger partial charge in [-0.25, -0.2) is 0 Å². The third-order valence-corrected chi connectivity index (χ3v) is 4.13. The molecule has 0 radical (unpaired) electrons. The average molecular weight is 387 g/mol. The lowest BCUT2D eigenvalue weighted by Gasteiger charge is -2.13. The molecule has 0 saturated heterocycles. The Labute approximate surface area is 161 Å². The first kappa shape index (κ1) is 19.7. The van der Waals surface area contributed by atoms with Crippen LogP contribution in [0.5, 0.6) is 11.5 Å². The SMILES string of the molecule is FC(F)(F)Oc1ccccc1-c1ccc(OCCCCc2cccnc2)cc1. The number of alkyl halides is 3. The van der Waals surface area contributed by atoms with Gasteiger partial charge in [-0.2, -0.15) is 0 Å². The summed E-state index contributed by atoms with van der Waals surface area (Å²) in [6.45, 7) is 0.577. The Morgan fingerprint density at radius 1 is 0.857 bits per heavy atom. The summed E-state index contributed by atoms with van der Waals surface area (Å²) in [5.74, 6) is 0.457. The van der Waals surface area contributed by atoms with Gasteiger partial charge in [0.1, 0.15) is 11.5 Å². The number of benzene rings is 2. The summed E-state index contributed by atoms with van der Waals surface area (Å²) in [6.07, 6.45) is 1.73. The monoisotopic (exact) mass is 387 g/mol.